The van der Waals surface area contributed by atoms with Gasteiger partial charge in [0.2, 0.25) is 0 Å². The molecular formula is C16H20O2. The van der Waals surface area contributed by atoms with Crippen molar-refractivity contribution in [3.63, 3.8) is 0 Å². The molecule has 1 aromatic rings. The summed E-state index contributed by atoms with van der Waals surface area (Å²) in [7, 11) is 0. The van der Waals surface area contributed by atoms with Crippen molar-refractivity contribution in [2.75, 3.05) is 6.61 Å². The number of carbonyl (C=O) groups excluding carboxylic acids is 1. The highest BCUT2D eigenvalue weighted by Crippen LogP contribution is 2.23. The first-order valence-electron chi connectivity index (χ1n) is 6.76. The number of hydrogen-bond donors (Lipinski definition) is 0. The average Bonchev–Trinajstić information content (AvgIpc) is 2.41. The van der Waals surface area contributed by atoms with E-state index in [2.05, 4.69) is 0 Å². The summed E-state index contributed by atoms with van der Waals surface area (Å²) in [4.78, 5) is 12.1. The smallest absolute Gasteiger partial charge is 0.185 e. The molecule has 1 saturated carbocycles. The Hall–Kier alpha value is -1.57. The third kappa shape index (κ3) is 3.46. The van der Waals surface area contributed by atoms with Gasteiger partial charge in [0.15, 0.2) is 5.78 Å². The van der Waals surface area contributed by atoms with E-state index in [1.165, 1.54) is 24.8 Å². The second-order valence-electron chi connectivity index (χ2n) is 4.68. The molecular weight excluding hydrogens is 224 g/mol. The summed E-state index contributed by atoms with van der Waals surface area (Å²) < 4.78 is 5.36. The molecule has 0 amide bonds. The highest BCUT2D eigenvalue weighted by Gasteiger charge is 2.09. The lowest BCUT2D eigenvalue weighted by Crippen LogP contribution is -2.00. The molecule has 2 heteroatoms. The van der Waals surface area contributed by atoms with E-state index < -0.39 is 0 Å². The van der Waals surface area contributed by atoms with Crippen LogP contribution < -0.4 is 4.74 Å². The van der Waals surface area contributed by atoms with E-state index >= 15 is 0 Å². The molecule has 18 heavy (non-hydrogen) atoms. The van der Waals surface area contributed by atoms with Gasteiger partial charge in [0.1, 0.15) is 5.75 Å². The zero-order valence-corrected chi connectivity index (χ0v) is 10.9. The lowest BCUT2D eigenvalue weighted by molar-refractivity contribution is 0.104. The Labute approximate surface area is 109 Å². The Kier molecular flexibility index (Phi) is 4.57. The van der Waals surface area contributed by atoms with Crippen LogP contribution in [0.4, 0.5) is 0 Å². The van der Waals surface area contributed by atoms with Crippen molar-refractivity contribution in [1.82, 2.24) is 0 Å². The zero-order chi connectivity index (χ0) is 12.8. The van der Waals surface area contributed by atoms with Gasteiger partial charge in [0.25, 0.3) is 0 Å². The predicted molar refractivity (Wildman–Crippen MR) is 73.1 cm³/mol. The van der Waals surface area contributed by atoms with Crippen molar-refractivity contribution in [3.8, 4) is 5.75 Å². The second kappa shape index (κ2) is 6.39. The Bertz CT molecular complexity index is 421. The Morgan fingerprint density at radius 1 is 1.17 bits per heavy atom. The van der Waals surface area contributed by atoms with Gasteiger partial charge in [-0.05, 0) is 62.9 Å². The van der Waals surface area contributed by atoms with Crippen LogP contribution in [-0.4, -0.2) is 12.4 Å². The molecule has 1 aromatic carbocycles. The van der Waals surface area contributed by atoms with E-state index in [1.807, 2.05) is 37.3 Å². The minimum absolute atomic E-state index is 0.120. The summed E-state index contributed by atoms with van der Waals surface area (Å²) in [5.41, 5.74) is 2.05. The molecule has 0 radical (unpaired) electrons. The number of allylic oxidation sites excluding steroid dienone is 2. The van der Waals surface area contributed by atoms with Crippen LogP contribution in [0.1, 0.15) is 49.4 Å². The summed E-state index contributed by atoms with van der Waals surface area (Å²) in [5.74, 6) is 0.939. The molecule has 2 rings (SSSR count). The summed E-state index contributed by atoms with van der Waals surface area (Å²) in [5, 5.41) is 0. The van der Waals surface area contributed by atoms with Crippen LogP contribution in [0.25, 0.3) is 0 Å². The normalized spacial score (nSPS) is 15.3. The summed E-state index contributed by atoms with van der Waals surface area (Å²) in [6.45, 7) is 2.60. The molecule has 1 aliphatic carbocycles. The fourth-order valence-corrected chi connectivity index (χ4v) is 2.30. The van der Waals surface area contributed by atoms with Crippen molar-refractivity contribution >= 4 is 5.78 Å². The lowest BCUT2D eigenvalue weighted by atomic mass is 9.93. The maximum absolute atomic E-state index is 12.1. The average molecular weight is 244 g/mol. The first-order chi connectivity index (χ1) is 8.79. The molecule has 0 heterocycles. The number of ether oxygens (including phenoxy) is 1. The second-order valence-corrected chi connectivity index (χ2v) is 4.68. The van der Waals surface area contributed by atoms with Crippen molar-refractivity contribution in [2.24, 2.45) is 0 Å². The van der Waals surface area contributed by atoms with Crippen LogP contribution in [0.5, 0.6) is 5.75 Å². The van der Waals surface area contributed by atoms with Crippen LogP contribution >= 0.6 is 0 Å². The fraction of sp³-hybridized carbons (Fsp3) is 0.438. The molecule has 1 aliphatic rings. The Balaban J connectivity index is 2.03. The molecule has 0 N–H and O–H groups in total. The molecule has 0 unspecified atom stereocenters. The van der Waals surface area contributed by atoms with Gasteiger partial charge in [-0.15, -0.1) is 0 Å². The molecule has 0 saturated heterocycles. The summed E-state index contributed by atoms with van der Waals surface area (Å²) in [6, 6.07) is 7.40. The van der Waals surface area contributed by atoms with E-state index in [1.54, 1.807) is 0 Å². The topological polar surface area (TPSA) is 26.3 Å². The van der Waals surface area contributed by atoms with Gasteiger partial charge >= 0.3 is 0 Å². The summed E-state index contributed by atoms with van der Waals surface area (Å²) >= 11 is 0. The first kappa shape index (κ1) is 12.9. The SMILES string of the molecule is CCOc1ccc(C(=O)C=C2CCCCC2)cc1. The number of ketones is 1. The predicted octanol–water partition coefficient (Wildman–Crippen LogP) is 4.16. The van der Waals surface area contributed by atoms with Crippen LogP contribution in [0, 0.1) is 0 Å². The quantitative estimate of drug-likeness (QED) is 0.587. The number of benzene rings is 1. The molecule has 0 atom stereocenters. The molecule has 2 nitrogen and oxygen atoms in total. The highest BCUT2D eigenvalue weighted by atomic mass is 16.5. The highest BCUT2D eigenvalue weighted by molar-refractivity contribution is 6.04. The molecule has 0 spiro atoms. The third-order valence-corrected chi connectivity index (χ3v) is 3.28. The van der Waals surface area contributed by atoms with Crippen LogP contribution in [0.15, 0.2) is 35.9 Å². The largest absolute Gasteiger partial charge is 0.494 e. The zero-order valence-electron chi connectivity index (χ0n) is 10.9. The fourth-order valence-electron chi connectivity index (χ4n) is 2.30. The van der Waals surface area contributed by atoms with E-state index in [0.717, 1.165) is 24.2 Å². The van der Waals surface area contributed by atoms with E-state index in [4.69, 9.17) is 4.74 Å². The minimum atomic E-state index is 0.120. The standard InChI is InChI=1S/C16H20O2/c1-2-18-15-10-8-14(9-11-15)16(17)12-13-6-4-3-5-7-13/h8-12H,2-7H2,1H3. The van der Waals surface area contributed by atoms with Gasteiger partial charge in [0.05, 0.1) is 6.61 Å². The Morgan fingerprint density at radius 2 is 1.83 bits per heavy atom. The monoisotopic (exact) mass is 244 g/mol. The third-order valence-electron chi connectivity index (χ3n) is 3.28. The van der Waals surface area contributed by atoms with Crippen molar-refractivity contribution in [2.45, 2.75) is 39.0 Å². The molecule has 1 fully saturated rings. The van der Waals surface area contributed by atoms with Crippen LogP contribution in [0.3, 0.4) is 0 Å². The Morgan fingerprint density at radius 3 is 2.44 bits per heavy atom. The molecule has 0 aliphatic heterocycles. The number of hydrogen-bond acceptors (Lipinski definition) is 2. The van der Waals surface area contributed by atoms with Crippen molar-refractivity contribution < 1.29 is 9.53 Å². The van der Waals surface area contributed by atoms with E-state index in [0.29, 0.717) is 6.61 Å². The van der Waals surface area contributed by atoms with Gasteiger partial charge in [-0.25, -0.2) is 0 Å². The van der Waals surface area contributed by atoms with Gasteiger partial charge in [0, 0.05) is 5.56 Å². The first-order valence-corrected chi connectivity index (χ1v) is 6.76. The summed E-state index contributed by atoms with van der Waals surface area (Å²) in [6.07, 6.45) is 7.75. The molecule has 0 aromatic heterocycles. The maximum atomic E-state index is 12.1. The number of rotatable bonds is 4. The van der Waals surface area contributed by atoms with Gasteiger partial charge in [-0.3, -0.25) is 4.79 Å². The van der Waals surface area contributed by atoms with E-state index in [-0.39, 0.29) is 5.78 Å². The van der Waals surface area contributed by atoms with Gasteiger partial charge in [-0.2, -0.15) is 0 Å². The maximum Gasteiger partial charge on any atom is 0.185 e. The van der Waals surface area contributed by atoms with E-state index in [9.17, 15) is 4.79 Å². The number of carbonyl (C=O) groups is 1. The molecule has 96 valence electrons. The van der Waals surface area contributed by atoms with Gasteiger partial charge < -0.3 is 4.74 Å². The van der Waals surface area contributed by atoms with Crippen LogP contribution in [-0.2, 0) is 0 Å². The lowest BCUT2D eigenvalue weighted by Gasteiger charge is -2.12. The minimum Gasteiger partial charge on any atom is -0.494 e. The van der Waals surface area contributed by atoms with Gasteiger partial charge in [-0.1, -0.05) is 12.0 Å². The van der Waals surface area contributed by atoms with Crippen molar-refractivity contribution in [3.05, 3.63) is 41.5 Å². The van der Waals surface area contributed by atoms with Crippen LogP contribution in [0.2, 0.25) is 0 Å². The van der Waals surface area contributed by atoms with Crippen molar-refractivity contribution in [1.29, 1.82) is 0 Å². The molecule has 0 bridgehead atoms.